The Kier molecular flexibility index (Phi) is 9.00. The van der Waals surface area contributed by atoms with Crippen molar-refractivity contribution in [2.45, 2.75) is 12.8 Å². The molecule has 0 aliphatic heterocycles. The monoisotopic (exact) mass is 486 g/mol. The number of unbranched alkanes of at least 4 members (excludes halogenated alkanes) is 1. The van der Waals surface area contributed by atoms with Crippen LogP contribution < -0.4 is 21.1 Å². The SMILES string of the molecule is N#CC(=Cc1ccc(O)cc1)C(=O)NCCCCOc1cc2ccccc2cc1C(=O)NCC(N)=O. The van der Waals surface area contributed by atoms with Crippen LogP contribution in [0.1, 0.15) is 28.8 Å². The second-order valence-corrected chi connectivity index (χ2v) is 7.92. The third-order valence-electron chi connectivity index (χ3n) is 5.20. The Morgan fingerprint density at radius 1 is 1.00 bits per heavy atom. The number of phenolic OH excluding ortho intramolecular Hbond substituents is 1. The second kappa shape index (κ2) is 12.6. The smallest absolute Gasteiger partial charge is 0.261 e. The first-order valence-corrected chi connectivity index (χ1v) is 11.3. The number of nitrogens with zero attached hydrogens (tertiary/aromatic N) is 1. The van der Waals surface area contributed by atoms with Gasteiger partial charge >= 0.3 is 0 Å². The van der Waals surface area contributed by atoms with Crippen molar-refractivity contribution < 1.29 is 24.2 Å². The number of carbonyl (C=O) groups excluding carboxylic acids is 3. The van der Waals surface area contributed by atoms with Gasteiger partial charge in [-0.15, -0.1) is 0 Å². The van der Waals surface area contributed by atoms with Gasteiger partial charge in [-0.2, -0.15) is 5.26 Å². The fourth-order valence-corrected chi connectivity index (χ4v) is 3.37. The summed E-state index contributed by atoms with van der Waals surface area (Å²) in [5, 5.41) is 25.6. The van der Waals surface area contributed by atoms with Crippen LogP contribution >= 0.6 is 0 Å². The van der Waals surface area contributed by atoms with Crippen LogP contribution in [0, 0.1) is 11.3 Å². The number of hydrogen-bond donors (Lipinski definition) is 4. The minimum absolute atomic E-state index is 0.0419. The highest BCUT2D eigenvalue weighted by Gasteiger charge is 2.15. The number of nitrogens with one attached hydrogen (secondary N) is 2. The van der Waals surface area contributed by atoms with Crippen molar-refractivity contribution in [2.75, 3.05) is 19.7 Å². The van der Waals surface area contributed by atoms with E-state index in [2.05, 4.69) is 10.6 Å². The van der Waals surface area contributed by atoms with Crippen molar-refractivity contribution in [3.63, 3.8) is 0 Å². The number of amides is 3. The highest BCUT2D eigenvalue weighted by molar-refractivity contribution is 6.03. The van der Waals surface area contributed by atoms with Gasteiger partial charge in [-0.3, -0.25) is 14.4 Å². The van der Waals surface area contributed by atoms with Gasteiger partial charge in [-0.25, -0.2) is 0 Å². The maximum atomic E-state index is 12.6. The lowest BCUT2D eigenvalue weighted by Gasteiger charge is -2.13. The molecule has 0 heterocycles. The number of nitrogens with two attached hydrogens (primary N) is 1. The highest BCUT2D eigenvalue weighted by Crippen LogP contribution is 2.26. The van der Waals surface area contributed by atoms with E-state index in [0.717, 1.165) is 10.8 Å². The number of primary amides is 1. The molecule has 0 aromatic heterocycles. The lowest BCUT2D eigenvalue weighted by Crippen LogP contribution is -2.33. The molecule has 0 spiro atoms. The van der Waals surface area contributed by atoms with E-state index in [1.807, 2.05) is 30.3 Å². The Bertz CT molecular complexity index is 1330. The number of ether oxygens (including phenoxy) is 1. The van der Waals surface area contributed by atoms with E-state index in [0.29, 0.717) is 42.9 Å². The van der Waals surface area contributed by atoms with Crippen LogP contribution in [-0.4, -0.2) is 42.5 Å². The molecule has 0 atom stereocenters. The van der Waals surface area contributed by atoms with Crippen molar-refractivity contribution in [3.8, 4) is 17.6 Å². The molecule has 184 valence electrons. The normalized spacial score (nSPS) is 10.9. The molecule has 0 fully saturated rings. The minimum atomic E-state index is -0.647. The molecule has 0 radical (unpaired) electrons. The first-order valence-electron chi connectivity index (χ1n) is 11.3. The average Bonchev–Trinajstić information content (AvgIpc) is 2.88. The van der Waals surface area contributed by atoms with E-state index in [9.17, 15) is 24.8 Å². The van der Waals surface area contributed by atoms with E-state index in [1.54, 1.807) is 24.3 Å². The minimum Gasteiger partial charge on any atom is -0.508 e. The molecule has 36 heavy (non-hydrogen) atoms. The predicted molar refractivity (Wildman–Crippen MR) is 135 cm³/mol. The fourth-order valence-electron chi connectivity index (χ4n) is 3.37. The molecule has 5 N–H and O–H groups in total. The second-order valence-electron chi connectivity index (χ2n) is 7.92. The van der Waals surface area contributed by atoms with Crippen molar-refractivity contribution in [3.05, 3.63) is 77.4 Å². The van der Waals surface area contributed by atoms with E-state index in [1.165, 1.54) is 18.2 Å². The summed E-state index contributed by atoms with van der Waals surface area (Å²) >= 11 is 0. The molecule has 0 saturated carbocycles. The molecular formula is C27H26N4O5. The summed E-state index contributed by atoms with van der Waals surface area (Å²) in [6, 6.07) is 19.0. The Hall–Kier alpha value is -4.84. The number of rotatable bonds is 11. The van der Waals surface area contributed by atoms with Crippen molar-refractivity contribution in [2.24, 2.45) is 5.73 Å². The summed E-state index contributed by atoms with van der Waals surface area (Å²) < 4.78 is 5.86. The number of aromatic hydroxyl groups is 1. The van der Waals surface area contributed by atoms with Gasteiger partial charge < -0.3 is 26.2 Å². The van der Waals surface area contributed by atoms with Gasteiger partial charge in [0, 0.05) is 6.54 Å². The molecule has 9 nitrogen and oxygen atoms in total. The summed E-state index contributed by atoms with van der Waals surface area (Å²) in [5.41, 5.74) is 6.00. The van der Waals surface area contributed by atoms with Crippen LogP contribution in [0.5, 0.6) is 11.5 Å². The molecule has 3 aromatic rings. The highest BCUT2D eigenvalue weighted by atomic mass is 16.5. The summed E-state index contributed by atoms with van der Waals surface area (Å²) in [6.07, 6.45) is 2.61. The van der Waals surface area contributed by atoms with Crippen LogP contribution in [-0.2, 0) is 9.59 Å². The molecule has 3 rings (SSSR count). The molecule has 0 aliphatic rings. The van der Waals surface area contributed by atoms with E-state index >= 15 is 0 Å². The summed E-state index contributed by atoms with van der Waals surface area (Å²) in [5.74, 6) is -1.13. The third-order valence-corrected chi connectivity index (χ3v) is 5.20. The van der Waals surface area contributed by atoms with Crippen LogP contribution in [0.15, 0.2) is 66.2 Å². The van der Waals surface area contributed by atoms with Gasteiger partial charge in [0.1, 0.15) is 23.1 Å². The number of phenols is 1. The van der Waals surface area contributed by atoms with Crippen molar-refractivity contribution in [1.82, 2.24) is 10.6 Å². The van der Waals surface area contributed by atoms with Crippen LogP contribution in [0.4, 0.5) is 0 Å². The number of hydrogen-bond acceptors (Lipinski definition) is 6. The summed E-state index contributed by atoms with van der Waals surface area (Å²) in [4.78, 5) is 35.9. The third kappa shape index (κ3) is 7.33. The fraction of sp³-hybridized carbons (Fsp3) is 0.185. The van der Waals surface area contributed by atoms with Gasteiger partial charge in [0.05, 0.1) is 18.7 Å². The summed E-state index contributed by atoms with van der Waals surface area (Å²) in [6.45, 7) is 0.343. The van der Waals surface area contributed by atoms with Crippen molar-refractivity contribution in [1.29, 1.82) is 5.26 Å². The zero-order valence-electron chi connectivity index (χ0n) is 19.5. The lowest BCUT2D eigenvalue weighted by atomic mass is 10.1. The Morgan fingerprint density at radius 2 is 1.69 bits per heavy atom. The molecule has 0 bridgehead atoms. The molecule has 3 amide bonds. The van der Waals surface area contributed by atoms with E-state index < -0.39 is 17.7 Å². The number of carbonyl (C=O) groups is 3. The average molecular weight is 487 g/mol. The Labute approximate surface area is 208 Å². The van der Waals surface area contributed by atoms with Crippen LogP contribution in [0.3, 0.4) is 0 Å². The number of nitriles is 1. The molecule has 0 unspecified atom stereocenters. The zero-order valence-corrected chi connectivity index (χ0v) is 19.5. The van der Waals surface area contributed by atoms with Crippen LogP contribution in [0.25, 0.3) is 16.8 Å². The van der Waals surface area contributed by atoms with Crippen LogP contribution in [0.2, 0.25) is 0 Å². The zero-order chi connectivity index (χ0) is 25.9. The molecule has 0 aliphatic carbocycles. The molecular weight excluding hydrogens is 460 g/mol. The van der Waals surface area contributed by atoms with Gasteiger partial charge in [0.2, 0.25) is 5.91 Å². The van der Waals surface area contributed by atoms with E-state index in [4.69, 9.17) is 10.5 Å². The standard InChI is InChI=1S/C27H26N4O5/c28-16-21(13-18-7-9-22(32)10-8-18)26(34)30-11-3-4-12-36-24-15-20-6-2-1-5-19(20)14-23(24)27(35)31-17-25(29)33/h1-2,5-10,13-15,32H,3-4,11-12,17H2,(H2,29,33)(H,30,34)(H,31,35). The molecule has 3 aromatic carbocycles. The van der Waals surface area contributed by atoms with Gasteiger partial charge in [-0.1, -0.05) is 36.4 Å². The lowest BCUT2D eigenvalue weighted by molar-refractivity contribution is -0.117. The Balaban J connectivity index is 1.54. The topological polar surface area (TPSA) is 155 Å². The first-order chi connectivity index (χ1) is 17.4. The maximum Gasteiger partial charge on any atom is 0.261 e. The summed E-state index contributed by atoms with van der Waals surface area (Å²) in [7, 11) is 0. The maximum absolute atomic E-state index is 12.6. The quantitative estimate of drug-likeness (QED) is 0.186. The van der Waals surface area contributed by atoms with E-state index in [-0.39, 0.29) is 17.9 Å². The number of benzene rings is 3. The molecule has 9 heteroatoms. The Morgan fingerprint density at radius 3 is 2.36 bits per heavy atom. The van der Waals surface area contributed by atoms with Crippen molar-refractivity contribution >= 4 is 34.6 Å². The van der Waals surface area contributed by atoms with Gasteiger partial charge in [0.25, 0.3) is 11.8 Å². The van der Waals surface area contributed by atoms with Gasteiger partial charge in [-0.05, 0) is 59.5 Å². The molecule has 0 saturated heterocycles. The first kappa shape index (κ1) is 25.8. The largest absolute Gasteiger partial charge is 0.508 e. The van der Waals surface area contributed by atoms with Gasteiger partial charge in [0.15, 0.2) is 0 Å². The predicted octanol–water partition coefficient (Wildman–Crippen LogP) is 2.64. The number of fused-ring (bicyclic) bond motifs is 1.